The molecule has 2 N–H and O–H groups in total. The first kappa shape index (κ1) is 26.7. The molecule has 3 amide bonds. The number of rotatable bonds is 9. The van der Waals surface area contributed by atoms with E-state index in [1.165, 1.54) is 7.11 Å². The molecule has 0 radical (unpaired) electrons. The molecule has 8 heteroatoms. The number of amides is 3. The Balaban J connectivity index is 1.34. The Labute approximate surface area is 222 Å². The van der Waals surface area contributed by atoms with Crippen LogP contribution in [0.1, 0.15) is 28.7 Å². The predicted octanol–water partition coefficient (Wildman–Crippen LogP) is 4.95. The zero-order valence-corrected chi connectivity index (χ0v) is 22.0. The van der Waals surface area contributed by atoms with E-state index in [0.717, 1.165) is 34.4 Å². The van der Waals surface area contributed by atoms with E-state index in [-0.39, 0.29) is 30.2 Å². The number of benzene rings is 3. The molecule has 1 saturated heterocycles. The number of anilines is 2. The van der Waals surface area contributed by atoms with E-state index in [9.17, 15) is 14.4 Å². The molecular formula is C30H33N3O5. The largest absolute Gasteiger partial charge is 0.495 e. The van der Waals surface area contributed by atoms with Crippen LogP contribution in [0.4, 0.5) is 16.2 Å². The van der Waals surface area contributed by atoms with Crippen molar-refractivity contribution in [3.63, 3.8) is 0 Å². The first-order valence-electron chi connectivity index (χ1n) is 12.6. The van der Waals surface area contributed by atoms with Crippen LogP contribution in [-0.4, -0.2) is 43.6 Å². The van der Waals surface area contributed by atoms with E-state index in [0.29, 0.717) is 31.0 Å². The lowest BCUT2D eigenvalue weighted by molar-refractivity contribution is -0.141. The first-order chi connectivity index (χ1) is 18.3. The Hall–Kier alpha value is -4.33. The van der Waals surface area contributed by atoms with Crippen LogP contribution < -0.4 is 15.4 Å². The van der Waals surface area contributed by atoms with Crippen molar-refractivity contribution in [1.82, 2.24) is 4.90 Å². The molecule has 0 spiro atoms. The molecule has 1 heterocycles. The van der Waals surface area contributed by atoms with Gasteiger partial charge in [-0.2, -0.15) is 0 Å². The fraction of sp³-hybridized carbons (Fsp3) is 0.300. The smallest absolute Gasteiger partial charge is 0.323 e. The molecule has 0 aliphatic carbocycles. The average molecular weight is 516 g/mol. The van der Waals surface area contributed by atoms with Gasteiger partial charge in [0.1, 0.15) is 5.75 Å². The van der Waals surface area contributed by atoms with E-state index in [1.54, 1.807) is 30.1 Å². The third-order valence-corrected chi connectivity index (χ3v) is 6.63. The number of hydrogen-bond acceptors (Lipinski definition) is 5. The van der Waals surface area contributed by atoms with Crippen LogP contribution in [0.25, 0.3) is 0 Å². The first-order valence-corrected chi connectivity index (χ1v) is 12.6. The lowest BCUT2D eigenvalue weighted by atomic mass is 9.97. The summed E-state index contributed by atoms with van der Waals surface area (Å²) in [7, 11) is 3.29. The minimum atomic E-state index is -0.381. The Morgan fingerprint density at radius 2 is 1.74 bits per heavy atom. The van der Waals surface area contributed by atoms with E-state index >= 15 is 0 Å². The standard InChI is InChI=1S/C30H33N3O5/c1-20-7-4-5-10-25(20)31-30(36)32-26-12-11-22(17-27(26)37-3)18-28(34)33(2)19-23-9-6-8-21(15-23)16-24-13-14-38-29(24)35/h4-12,15,17,24H,13-14,16,18-19H2,1-3H3,(H2,31,32,36). The van der Waals surface area contributed by atoms with Gasteiger partial charge in [-0.15, -0.1) is 0 Å². The number of aryl methyl sites for hydroxylation is 1. The number of hydrogen-bond donors (Lipinski definition) is 2. The molecule has 8 nitrogen and oxygen atoms in total. The molecule has 3 aromatic rings. The van der Waals surface area contributed by atoms with Crippen molar-refractivity contribution in [3.8, 4) is 5.75 Å². The molecule has 0 saturated carbocycles. The van der Waals surface area contributed by atoms with Crippen LogP contribution in [0.15, 0.2) is 66.7 Å². The zero-order chi connectivity index (χ0) is 27.1. The second-order valence-electron chi connectivity index (χ2n) is 9.53. The normalized spacial score (nSPS) is 14.5. The van der Waals surface area contributed by atoms with Crippen molar-refractivity contribution >= 4 is 29.3 Å². The highest BCUT2D eigenvalue weighted by atomic mass is 16.5. The van der Waals surface area contributed by atoms with E-state index in [2.05, 4.69) is 10.6 Å². The van der Waals surface area contributed by atoms with Crippen molar-refractivity contribution in [2.45, 2.75) is 32.7 Å². The molecular weight excluding hydrogens is 482 g/mol. The van der Waals surface area contributed by atoms with Gasteiger partial charge in [0.2, 0.25) is 5.91 Å². The maximum absolute atomic E-state index is 13.0. The number of likely N-dealkylation sites (N-methyl/N-ethyl adjacent to an activating group) is 1. The predicted molar refractivity (Wildman–Crippen MR) is 146 cm³/mol. The molecule has 198 valence electrons. The van der Waals surface area contributed by atoms with Gasteiger partial charge in [-0.3, -0.25) is 9.59 Å². The highest BCUT2D eigenvalue weighted by Crippen LogP contribution is 2.27. The number of para-hydroxylation sites is 1. The summed E-state index contributed by atoms with van der Waals surface area (Å²) in [6, 6.07) is 20.4. The van der Waals surface area contributed by atoms with Gasteiger partial charge in [-0.25, -0.2) is 4.79 Å². The third-order valence-electron chi connectivity index (χ3n) is 6.63. The van der Waals surface area contributed by atoms with Gasteiger partial charge in [0.05, 0.1) is 31.7 Å². The number of esters is 1. The van der Waals surface area contributed by atoms with E-state index in [1.807, 2.05) is 55.5 Å². The van der Waals surface area contributed by atoms with Gasteiger partial charge in [0.25, 0.3) is 0 Å². The van der Waals surface area contributed by atoms with Crippen LogP contribution >= 0.6 is 0 Å². The Bertz CT molecular complexity index is 1320. The minimum Gasteiger partial charge on any atom is -0.495 e. The quantitative estimate of drug-likeness (QED) is 0.393. The summed E-state index contributed by atoms with van der Waals surface area (Å²) in [5, 5.41) is 5.64. The number of nitrogens with one attached hydrogen (secondary N) is 2. The summed E-state index contributed by atoms with van der Waals surface area (Å²) < 4.78 is 10.5. The SMILES string of the molecule is COc1cc(CC(=O)N(C)Cc2cccc(CC3CCOC3=O)c2)ccc1NC(=O)Nc1ccccc1C. The third kappa shape index (κ3) is 6.91. The molecule has 1 unspecified atom stereocenters. The van der Waals surface area contributed by atoms with Gasteiger partial charge in [-0.05, 0) is 60.2 Å². The monoisotopic (exact) mass is 515 g/mol. The van der Waals surface area contributed by atoms with Crippen molar-refractivity contribution in [1.29, 1.82) is 0 Å². The average Bonchev–Trinajstić information content (AvgIpc) is 3.30. The topological polar surface area (TPSA) is 97.0 Å². The van der Waals surface area contributed by atoms with E-state index in [4.69, 9.17) is 9.47 Å². The van der Waals surface area contributed by atoms with Crippen LogP contribution in [0.3, 0.4) is 0 Å². The number of ether oxygens (including phenoxy) is 2. The number of carbonyl (C=O) groups is 3. The molecule has 1 aliphatic rings. The lowest BCUT2D eigenvalue weighted by Crippen LogP contribution is -2.27. The Morgan fingerprint density at radius 3 is 2.47 bits per heavy atom. The van der Waals surface area contributed by atoms with Gasteiger partial charge in [0.15, 0.2) is 0 Å². The van der Waals surface area contributed by atoms with Crippen molar-refractivity contribution in [2.75, 3.05) is 31.4 Å². The highest BCUT2D eigenvalue weighted by molar-refractivity contribution is 6.01. The summed E-state index contributed by atoms with van der Waals surface area (Å²) in [6.07, 6.45) is 1.58. The van der Waals surface area contributed by atoms with Crippen molar-refractivity contribution in [3.05, 3.63) is 89.0 Å². The molecule has 3 aromatic carbocycles. The summed E-state index contributed by atoms with van der Waals surface area (Å²) >= 11 is 0. The van der Waals surface area contributed by atoms with Crippen molar-refractivity contribution < 1.29 is 23.9 Å². The zero-order valence-electron chi connectivity index (χ0n) is 22.0. The molecule has 1 atom stereocenters. The van der Waals surface area contributed by atoms with Crippen LogP contribution in [-0.2, 0) is 33.7 Å². The lowest BCUT2D eigenvalue weighted by Gasteiger charge is -2.19. The number of urea groups is 1. The van der Waals surface area contributed by atoms with Gasteiger partial charge in [-0.1, -0.05) is 48.5 Å². The van der Waals surface area contributed by atoms with Gasteiger partial charge in [0, 0.05) is 19.3 Å². The number of methoxy groups -OCH3 is 1. The number of nitrogens with zero attached hydrogens (tertiary/aromatic N) is 1. The second-order valence-corrected chi connectivity index (χ2v) is 9.53. The molecule has 38 heavy (non-hydrogen) atoms. The van der Waals surface area contributed by atoms with Crippen LogP contribution in [0.5, 0.6) is 5.75 Å². The maximum Gasteiger partial charge on any atom is 0.323 e. The molecule has 1 fully saturated rings. The Kier molecular flexibility index (Phi) is 8.63. The van der Waals surface area contributed by atoms with E-state index < -0.39 is 0 Å². The van der Waals surface area contributed by atoms with Crippen LogP contribution in [0.2, 0.25) is 0 Å². The fourth-order valence-corrected chi connectivity index (χ4v) is 4.47. The molecule has 0 bridgehead atoms. The fourth-order valence-electron chi connectivity index (χ4n) is 4.47. The van der Waals surface area contributed by atoms with Gasteiger partial charge >= 0.3 is 12.0 Å². The van der Waals surface area contributed by atoms with Crippen LogP contribution in [0, 0.1) is 12.8 Å². The number of cyclic esters (lactones) is 1. The minimum absolute atomic E-state index is 0.0465. The summed E-state index contributed by atoms with van der Waals surface area (Å²) in [4.78, 5) is 38.9. The maximum atomic E-state index is 13.0. The summed E-state index contributed by atoms with van der Waals surface area (Å²) in [5.41, 5.74) is 5.02. The summed E-state index contributed by atoms with van der Waals surface area (Å²) in [5.74, 6) is 0.197. The molecule has 4 rings (SSSR count). The molecule has 1 aliphatic heterocycles. The summed E-state index contributed by atoms with van der Waals surface area (Å²) in [6.45, 7) is 2.87. The highest BCUT2D eigenvalue weighted by Gasteiger charge is 2.26. The van der Waals surface area contributed by atoms with Gasteiger partial charge < -0.3 is 25.0 Å². The second kappa shape index (κ2) is 12.3. The van der Waals surface area contributed by atoms with Crippen molar-refractivity contribution in [2.24, 2.45) is 5.92 Å². The number of carbonyl (C=O) groups excluding carboxylic acids is 3. The molecule has 0 aromatic heterocycles. The Morgan fingerprint density at radius 1 is 0.974 bits per heavy atom.